The van der Waals surface area contributed by atoms with Crippen LogP contribution < -0.4 is 5.32 Å². The van der Waals surface area contributed by atoms with Crippen LogP contribution in [0.2, 0.25) is 10.0 Å². The van der Waals surface area contributed by atoms with E-state index in [2.05, 4.69) is 5.32 Å². The van der Waals surface area contributed by atoms with Gasteiger partial charge < -0.3 is 5.32 Å². The van der Waals surface area contributed by atoms with Gasteiger partial charge in [0.05, 0.1) is 26.6 Å². The Bertz CT molecular complexity index is 1050. The van der Waals surface area contributed by atoms with Gasteiger partial charge in [-0.1, -0.05) is 35.7 Å². The fraction of sp³-hybridized carbons (Fsp3) is 0.263. The molecule has 28 heavy (non-hydrogen) atoms. The van der Waals surface area contributed by atoms with Gasteiger partial charge in [-0.05, 0) is 49.2 Å². The van der Waals surface area contributed by atoms with Gasteiger partial charge in [-0.3, -0.25) is 4.79 Å². The first-order valence-corrected chi connectivity index (χ1v) is 10.8. The highest BCUT2D eigenvalue weighted by Crippen LogP contribution is 2.28. The number of benzene rings is 2. The van der Waals surface area contributed by atoms with E-state index in [9.17, 15) is 13.2 Å². The Kier molecular flexibility index (Phi) is 6.26. The quantitative estimate of drug-likeness (QED) is 0.780. The van der Waals surface area contributed by atoms with Crippen LogP contribution in [0.5, 0.6) is 0 Å². The largest absolute Gasteiger partial charge is 0.325 e. The van der Waals surface area contributed by atoms with Crippen LogP contribution in [0, 0.1) is 11.3 Å². The first-order valence-electron chi connectivity index (χ1n) is 8.61. The normalized spacial score (nSPS) is 17.7. The molecule has 2 aromatic rings. The number of amides is 1. The molecule has 1 atom stereocenters. The summed E-state index contributed by atoms with van der Waals surface area (Å²) in [4.78, 5) is 12.8. The lowest BCUT2D eigenvalue weighted by Crippen LogP contribution is -2.49. The van der Waals surface area contributed by atoms with Crippen molar-refractivity contribution in [3.8, 4) is 6.07 Å². The minimum atomic E-state index is -3.92. The molecule has 1 N–H and O–H groups in total. The number of halogens is 2. The average molecular weight is 438 g/mol. The van der Waals surface area contributed by atoms with Crippen LogP contribution in [0.4, 0.5) is 5.69 Å². The molecule has 1 unspecified atom stereocenters. The van der Waals surface area contributed by atoms with Crippen molar-refractivity contribution in [1.82, 2.24) is 4.31 Å². The number of hydrogen-bond donors (Lipinski definition) is 1. The molecule has 1 aliphatic heterocycles. The van der Waals surface area contributed by atoms with E-state index < -0.39 is 22.0 Å². The molecule has 0 bridgehead atoms. The number of nitriles is 1. The fourth-order valence-corrected chi connectivity index (χ4v) is 5.12. The van der Waals surface area contributed by atoms with Crippen LogP contribution >= 0.6 is 23.2 Å². The summed E-state index contributed by atoms with van der Waals surface area (Å²) < 4.78 is 27.4. The molecule has 1 heterocycles. The summed E-state index contributed by atoms with van der Waals surface area (Å²) in [5.74, 6) is -0.432. The Morgan fingerprint density at radius 1 is 1.14 bits per heavy atom. The molecule has 1 saturated heterocycles. The number of nitrogens with one attached hydrogen (secondary N) is 1. The molecule has 146 valence electrons. The Morgan fingerprint density at radius 2 is 1.93 bits per heavy atom. The second-order valence-corrected chi connectivity index (χ2v) is 9.09. The maximum absolute atomic E-state index is 13.1. The van der Waals surface area contributed by atoms with Crippen LogP contribution in [-0.2, 0) is 14.8 Å². The molecule has 1 aliphatic rings. The van der Waals surface area contributed by atoms with E-state index >= 15 is 0 Å². The molecular weight excluding hydrogens is 421 g/mol. The summed E-state index contributed by atoms with van der Waals surface area (Å²) in [6, 6.07) is 11.6. The van der Waals surface area contributed by atoms with Crippen LogP contribution in [0.1, 0.15) is 24.8 Å². The topological polar surface area (TPSA) is 90.3 Å². The Morgan fingerprint density at radius 3 is 2.64 bits per heavy atom. The molecule has 0 spiro atoms. The zero-order valence-corrected chi connectivity index (χ0v) is 17.1. The van der Waals surface area contributed by atoms with E-state index in [0.717, 1.165) is 6.42 Å². The lowest BCUT2D eigenvalue weighted by molar-refractivity contribution is -0.120. The van der Waals surface area contributed by atoms with E-state index in [1.165, 1.54) is 34.6 Å². The minimum Gasteiger partial charge on any atom is -0.325 e. The number of sulfonamides is 1. The van der Waals surface area contributed by atoms with E-state index in [0.29, 0.717) is 28.6 Å². The third-order valence-electron chi connectivity index (χ3n) is 4.51. The Hall–Kier alpha value is -2.11. The van der Waals surface area contributed by atoms with Crippen molar-refractivity contribution in [3.63, 3.8) is 0 Å². The molecule has 1 amide bonds. The molecule has 2 aromatic carbocycles. The third-order valence-corrected chi connectivity index (χ3v) is 7.16. The van der Waals surface area contributed by atoms with Crippen molar-refractivity contribution >= 4 is 44.8 Å². The number of anilines is 1. The standard InChI is InChI=1S/C19H17Cl2N3O3S/c20-16-8-7-14(11-17(16)21)23-19(25)18-6-1-2-9-24(18)28(26,27)15-5-3-4-13(10-15)12-22/h3-5,7-8,10-11,18H,1-2,6,9H2,(H,23,25). The molecule has 0 aliphatic carbocycles. The van der Waals surface area contributed by atoms with Gasteiger partial charge in [0.2, 0.25) is 15.9 Å². The molecule has 6 nitrogen and oxygen atoms in total. The SMILES string of the molecule is N#Cc1cccc(S(=O)(=O)N2CCCCC2C(=O)Nc2ccc(Cl)c(Cl)c2)c1. The number of rotatable bonds is 4. The third kappa shape index (κ3) is 4.31. The van der Waals surface area contributed by atoms with Gasteiger partial charge in [0.25, 0.3) is 0 Å². The second kappa shape index (κ2) is 8.50. The Labute approximate surface area is 173 Å². The van der Waals surface area contributed by atoms with Crippen LogP contribution in [0.25, 0.3) is 0 Å². The minimum absolute atomic E-state index is 0.000729. The Balaban J connectivity index is 1.87. The fourth-order valence-electron chi connectivity index (χ4n) is 3.12. The number of carbonyl (C=O) groups excluding carboxylic acids is 1. The first-order chi connectivity index (χ1) is 13.3. The maximum atomic E-state index is 13.1. The van der Waals surface area contributed by atoms with Gasteiger partial charge in [-0.25, -0.2) is 8.42 Å². The van der Waals surface area contributed by atoms with Gasteiger partial charge in [0, 0.05) is 12.2 Å². The van der Waals surface area contributed by atoms with Crippen molar-refractivity contribution < 1.29 is 13.2 Å². The smallest absolute Gasteiger partial charge is 0.243 e. The van der Waals surface area contributed by atoms with E-state index in [1.807, 2.05) is 6.07 Å². The molecular formula is C19H17Cl2N3O3S. The van der Waals surface area contributed by atoms with E-state index in [-0.39, 0.29) is 17.0 Å². The highest BCUT2D eigenvalue weighted by Gasteiger charge is 2.37. The molecule has 0 radical (unpaired) electrons. The van der Waals surface area contributed by atoms with Gasteiger partial charge in [-0.2, -0.15) is 9.57 Å². The zero-order valence-electron chi connectivity index (χ0n) is 14.7. The second-order valence-electron chi connectivity index (χ2n) is 6.39. The molecule has 0 saturated carbocycles. The van der Waals surface area contributed by atoms with Crippen molar-refractivity contribution in [2.24, 2.45) is 0 Å². The van der Waals surface area contributed by atoms with Crippen molar-refractivity contribution in [2.45, 2.75) is 30.2 Å². The molecule has 1 fully saturated rings. The van der Waals surface area contributed by atoms with Crippen LogP contribution in [-0.4, -0.2) is 31.2 Å². The number of hydrogen-bond acceptors (Lipinski definition) is 4. The maximum Gasteiger partial charge on any atom is 0.243 e. The highest BCUT2D eigenvalue weighted by molar-refractivity contribution is 7.89. The summed E-state index contributed by atoms with van der Waals surface area (Å²) >= 11 is 11.9. The van der Waals surface area contributed by atoms with Crippen molar-refractivity contribution in [1.29, 1.82) is 5.26 Å². The summed E-state index contributed by atoms with van der Waals surface area (Å²) in [6.07, 6.45) is 1.81. The highest BCUT2D eigenvalue weighted by atomic mass is 35.5. The molecule has 9 heteroatoms. The van der Waals surface area contributed by atoms with Gasteiger partial charge in [0.1, 0.15) is 6.04 Å². The zero-order chi connectivity index (χ0) is 20.3. The van der Waals surface area contributed by atoms with Gasteiger partial charge in [-0.15, -0.1) is 0 Å². The summed E-state index contributed by atoms with van der Waals surface area (Å²) in [6.45, 7) is 0.235. The monoisotopic (exact) mass is 437 g/mol. The average Bonchev–Trinajstić information content (AvgIpc) is 2.70. The lowest BCUT2D eigenvalue weighted by atomic mass is 10.0. The van der Waals surface area contributed by atoms with Gasteiger partial charge in [0.15, 0.2) is 0 Å². The van der Waals surface area contributed by atoms with Crippen molar-refractivity contribution in [3.05, 3.63) is 58.1 Å². The number of nitrogens with zero attached hydrogens (tertiary/aromatic N) is 2. The van der Waals surface area contributed by atoms with Gasteiger partial charge >= 0.3 is 0 Å². The predicted molar refractivity (Wildman–Crippen MR) is 108 cm³/mol. The predicted octanol–water partition coefficient (Wildman–Crippen LogP) is 4.05. The van der Waals surface area contributed by atoms with E-state index in [4.69, 9.17) is 28.5 Å². The lowest BCUT2D eigenvalue weighted by Gasteiger charge is -2.33. The molecule has 3 rings (SSSR count). The first kappa shape index (κ1) is 20.6. The van der Waals surface area contributed by atoms with Crippen LogP contribution in [0.3, 0.4) is 0 Å². The summed E-state index contributed by atoms with van der Waals surface area (Å²) in [5, 5.41) is 12.4. The summed E-state index contributed by atoms with van der Waals surface area (Å²) in [5.41, 5.74) is 0.684. The van der Waals surface area contributed by atoms with Crippen LogP contribution in [0.15, 0.2) is 47.4 Å². The number of carbonyl (C=O) groups is 1. The van der Waals surface area contributed by atoms with Crippen molar-refractivity contribution in [2.75, 3.05) is 11.9 Å². The molecule has 0 aromatic heterocycles. The van der Waals surface area contributed by atoms with E-state index in [1.54, 1.807) is 12.1 Å². The summed E-state index contributed by atoms with van der Waals surface area (Å²) in [7, 11) is -3.92. The number of piperidine rings is 1.